The summed E-state index contributed by atoms with van der Waals surface area (Å²) in [6, 6.07) is -0.569. The Morgan fingerprint density at radius 1 is 1.35 bits per heavy atom. The molecule has 0 aliphatic rings. The van der Waals surface area contributed by atoms with Gasteiger partial charge in [-0.1, -0.05) is 20.8 Å². The summed E-state index contributed by atoms with van der Waals surface area (Å²) in [5.41, 5.74) is 0. The summed E-state index contributed by atoms with van der Waals surface area (Å²) in [5.74, 6) is 0.402. The first kappa shape index (κ1) is 16.1. The van der Waals surface area contributed by atoms with Gasteiger partial charge in [0, 0.05) is 13.5 Å². The van der Waals surface area contributed by atoms with Gasteiger partial charge in [0.05, 0.1) is 0 Å². The Morgan fingerprint density at radius 3 is 2.60 bits per heavy atom. The van der Waals surface area contributed by atoms with E-state index in [-0.39, 0.29) is 11.7 Å². The molecule has 0 saturated heterocycles. The number of carbonyl (C=O) groups is 2. The van der Waals surface area contributed by atoms with Crippen LogP contribution in [-0.4, -0.2) is 40.1 Å². The predicted molar refractivity (Wildman–Crippen MR) is 75.2 cm³/mol. The second kappa shape index (κ2) is 7.62. The number of hydrogen-bond acceptors (Lipinski definition) is 4. The van der Waals surface area contributed by atoms with E-state index in [4.69, 9.17) is 0 Å². The molecule has 1 atom stereocenters. The molecule has 0 saturated carbocycles. The van der Waals surface area contributed by atoms with Crippen LogP contribution in [0.15, 0.2) is 0 Å². The van der Waals surface area contributed by atoms with Crippen molar-refractivity contribution in [3.63, 3.8) is 0 Å². The summed E-state index contributed by atoms with van der Waals surface area (Å²) >= 11 is 0. The molecule has 1 aromatic heterocycles. The third-order valence-electron chi connectivity index (χ3n) is 2.80. The van der Waals surface area contributed by atoms with Gasteiger partial charge in [-0.25, -0.2) is 4.98 Å². The molecule has 1 aromatic rings. The first-order chi connectivity index (χ1) is 9.47. The number of rotatable bonds is 7. The molecule has 0 aliphatic carbocycles. The number of hydrogen-bond donors (Lipinski definition) is 3. The highest BCUT2D eigenvalue weighted by Crippen LogP contribution is 2.06. The lowest BCUT2D eigenvalue weighted by Crippen LogP contribution is -2.46. The first-order valence-electron chi connectivity index (χ1n) is 6.91. The van der Waals surface area contributed by atoms with Crippen molar-refractivity contribution in [3.8, 4) is 0 Å². The molecule has 2 amide bonds. The van der Waals surface area contributed by atoms with Crippen LogP contribution >= 0.6 is 0 Å². The van der Waals surface area contributed by atoms with Crippen molar-refractivity contribution >= 4 is 11.8 Å². The van der Waals surface area contributed by atoms with Gasteiger partial charge in [-0.05, 0) is 18.8 Å². The number of aromatic amines is 1. The van der Waals surface area contributed by atoms with E-state index >= 15 is 0 Å². The Morgan fingerprint density at radius 2 is 2.05 bits per heavy atom. The molecule has 1 rings (SSSR count). The minimum absolute atomic E-state index is 0.0751. The van der Waals surface area contributed by atoms with Crippen molar-refractivity contribution in [3.05, 3.63) is 11.6 Å². The van der Waals surface area contributed by atoms with Crippen molar-refractivity contribution in [1.29, 1.82) is 0 Å². The predicted octanol–water partition coefficient (Wildman–Crippen LogP) is 0.648. The van der Waals surface area contributed by atoms with Gasteiger partial charge in [0.1, 0.15) is 11.9 Å². The minimum Gasteiger partial charge on any atom is -0.357 e. The van der Waals surface area contributed by atoms with Crippen molar-refractivity contribution < 1.29 is 9.59 Å². The smallest absolute Gasteiger partial charge is 0.291 e. The lowest BCUT2D eigenvalue weighted by Gasteiger charge is -2.18. The molecule has 7 nitrogen and oxygen atoms in total. The third kappa shape index (κ3) is 4.64. The second-order valence-corrected chi connectivity index (χ2v) is 5.13. The molecular formula is C13H23N5O2. The van der Waals surface area contributed by atoms with Gasteiger partial charge in [-0.2, -0.15) is 0 Å². The van der Waals surface area contributed by atoms with E-state index in [0.29, 0.717) is 18.2 Å². The number of nitrogens with one attached hydrogen (secondary N) is 3. The SMILES string of the molecule is CCCc1nc(C(=O)NC(CC(C)C)C(=O)NC)n[nH]1. The summed E-state index contributed by atoms with van der Waals surface area (Å²) in [6.45, 7) is 6.01. The average Bonchev–Trinajstić information content (AvgIpc) is 2.85. The Kier molecular flexibility index (Phi) is 6.14. The Bertz CT molecular complexity index is 455. The van der Waals surface area contributed by atoms with Gasteiger partial charge in [0.2, 0.25) is 11.7 Å². The van der Waals surface area contributed by atoms with E-state index in [1.807, 2.05) is 20.8 Å². The molecule has 0 aliphatic heterocycles. The summed E-state index contributed by atoms with van der Waals surface area (Å²) in [5, 5.41) is 11.8. The van der Waals surface area contributed by atoms with E-state index in [0.717, 1.165) is 12.8 Å². The lowest BCUT2D eigenvalue weighted by molar-refractivity contribution is -0.122. The van der Waals surface area contributed by atoms with Crippen LogP contribution in [0.25, 0.3) is 0 Å². The molecule has 0 spiro atoms. The molecule has 0 aromatic carbocycles. The van der Waals surface area contributed by atoms with Gasteiger partial charge in [-0.15, -0.1) is 5.10 Å². The summed E-state index contributed by atoms with van der Waals surface area (Å²) in [7, 11) is 1.55. The van der Waals surface area contributed by atoms with E-state index in [9.17, 15) is 9.59 Å². The van der Waals surface area contributed by atoms with Crippen molar-refractivity contribution in [2.24, 2.45) is 5.92 Å². The Hall–Kier alpha value is -1.92. The van der Waals surface area contributed by atoms with E-state index in [1.54, 1.807) is 7.05 Å². The highest BCUT2D eigenvalue weighted by Gasteiger charge is 2.23. The zero-order chi connectivity index (χ0) is 15.1. The number of nitrogens with zero attached hydrogens (tertiary/aromatic N) is 2. The van der Waals surface area contributed by atoms with Crippen LogP contribution in [0.2, 0.25) is 0 Å². The fourth-order valence-electron chi connectivity index (χ4n) is 1.85. The maximum atomic E-state index is 12.0. The van der Waals surface area contributed by atoms with Crippen LogP contribution in [0.5, 0.6) is 0 Å². The van der Waals surface area contributed by atoms with Crippen LogP contribution in [0.1, 0.15) is 50.1 Å². The van der Waals surface area contributed by atoms with Gasteiger partial charge < -0.3 is 10.6 Å². The highest BCUT2D eigenvalue weighted by molar-refractivity contribution is 5.94. The number of aromatic nitrogens is 3. The maximum absolute atomic E-state index is 12.0. The summed E-state index contributed by atoms with van der Waals surface area (Å²) < 4.78 is 0. The lowest BCUT2D eigenvalue weighted by atomic mass is 10.0. The molecule has 0 fully saturated rings. The molecule has 3 N–H and O–H groups in total. The normalized spacial score (nSPS) is 12.2. The van der Waals surface area contributed by atoms with Crippen molar-refractivity contribution in [2.75, 3.05) is 7.05 Å². The molecule has 7 heteroatoms. The number of aryl methyl sites for hydroxylation is 1. The van der Waals surface area contributed by atoms with Crippen molar-refractivity contribution in [2.45, 2.75) is 46.1 Å². The van der Waals surface area contributed by atoms with Crippen LogP contribution in [-0.2, 0) is 11.2 Å². The second-order valence-electron chi connectivity index (χ2n) is 5.13. The van der Waals surface area contributed by atoms with Gasteiger partial charge in [-0.3, -0.25) is 14.7 Å². The molecule has 20 heavy (non-hydrogen) atoms. The quantitative estimate of drug-likeness (QED) is 0.683. The summed E-state index contributed by atoms with van der Waals surface area (Å²) in [6.07, 6.45) is 2.23. The van der Waals surface area contributed by atoms with Gasteiger partial charge in [0.15, 0.2) is 0 Å². The standard InChI is InChI=1S/C13H23N5O2/c1-5-6-10-16-11(18-17-10)13(20)15-9(7-8(2)3)12(19)14-4/h8-9H,5-7H2,1-4H3,(H,14,19)(H,15,20)(H,16,17,18). The molecule has 1 heterocycles. The average molecular weight is 281 g/mol. The number of likely N-dealkylation sites (N-methyl/N-ethyl adjacent to an activating group) is 1. The largest absolute Gasteiger partial charge is 0.357 e. The fraction of sp³-hybridized carbons (Fsp3) is 0.692. The Labute approximate surface area is 118 Å². The zero-order valence-electron chi connectivity index (χ0n) is 12.5. The monoisotopic (exact) mass is 281 g/mol. The van der Waals surface area contributed by atoms with Crippen LogP contribution in [0.4, 0.5) is 0 Å². The fourth-order valence-corrected chi connectivity index (χ4v) is 1.85. The van der Waals surface area contributed by atoms with Gasteiger partial charge >= 0.3 is 0 Å². The minimum atomic E-state index is -0.569. The first-order valence-corrected chi connectivity index (χ1v) is 6.91. The van der Waals surface area contributed by atoms with Crippen LogP contribution < -0.4 is 10.6 Å². The van der Waals surface area contributed by atoms with Crippen molar-refractivity contribution in [1.82, 2.24) is 25.8 Å². The third-order valence-corrected chi connectivity index (χ3v) is 2.80. The number of H-pyrrole nitrogens is 1. The molecule has 0 radical (unpaired) electrons. The zero-order valence-corrected chi connectivity index (χ0v) is 12.5. The van der Waals surface area contributed by atoms with Crippen LogP contribution in [0.3, 0.4) is 0 Å². The van der Waals surface area contributed by atoms with E-state index < -0.39 is 11.9 Å². The maximum Gasteiger partial charge on any atom is 0.291 e. The topological polar surface area (TPSA) is 99.8 Å². The molecular weight excluding hydrogens is 258 g/mol. The molecule has 112 valence electrons. The highest BCUT2D eigenvalue weighted by atomic mass is 16.2. The number of carbonyl (C=O) groups excluding carboxylic acids is 2. The molecule has 0 bridgehead atoms. The summed E-state index contributed by atoms with van der Waals surface area (Å²) in [4.78, 5) is 27.9. The van der Waals surface area contributed by atoms with Crippen LogP contribution in [0, 0.1) is 5.92 Å². The number of amides is 2. The van der Waals surface area contributed by atoms with E-state index in [2.05, 4.69) is 25.8 Å². The Balaban J connectivity index is 2.71. The van der Waals surface area contributed by atoms with Gasteiger partial charge in [0.25, 0.3) is 5.91 Å². The van der Waals surface area contributed by atoms with E-state index in [1.165, 1.54) is 0 Å². The molecule has 1 unspecified atom stereocenters.